The molecule has 0 saturated heterocycles. The summed E-state index contributed by atoms with van der Waals surface area (Å²) in [5, 5.41) is 0. The van der Waals surface area contributed by atoms with E-state index in [-0.39, 0.29) is 23.7 Å². The Bertz CT molecular complexity index is 741. The molecular formula is C26H41NO2. The first-order chi connectivity index (χ1) is 13.1. The average Bonchev–Trinajstić information content (AvgIpc) is 2.52. The fourth-order valence-electron chi connectivity index (χ4n) is 2.67. The molecule has 0 spiro atoms. The van der Waals surface area contributed by atoms with E-state index in [4.69, 9.17) is 0 Å². The molecule has 29 heavy (non-hydrogen) atoms. The largest absolute Gasteiger partial charge is 0.335 e. The molecule has 0 bridgehead atoms. The van der Waals surface area contributed by atoms with Crippen LogP contribution in [0.25, 0.3) is 0 Å². The van der Waals surface area contributed by atoms with Crippen molar-refractivity contribution in [1.82, 2.24) is 4.90 Å². The third kappa shape index (κ3) is 10.8. The smallest absolute Gasteiger partial charge is 0.246 e. The topological polar surface area (TPSA) is 37.4 Å². The number of ketones is 1. The first-order valence-corrected chi connectivity index (χ1v) is 10.2. The number of carbonyl (C=O) groups excluding carboxylic acids is 2. The van der Waals surface area contributed by atoms with Crippen molar-refractivity contribution < 1.29 is 9.59 Å². The van der Waals surface area contributed by atoms with Crippen LogP contribution in [0.5, 0.6) is 0 Å². The maximum absolute atomic E-state index is 12.3. The number of nitrogens with zero attached hydrogens (tertiary/aromatic N) is 1. The van der Waals surface area contributed by atoms with Gasteiger partial charge in [0.15, 0.2) is 5.78 Å². The van der Waals surface area contributed by atoms with E-state index >= 15 is 0 Å². The van der Waals surface area contributed by atoms with Crippen LogP contribution in [0.15, 0.2) is 58.7 Å². The fraction of sp³-hybridized carbons (Fsp3) is 0.538. The van der Waals surface area contributed by atoms with Gasteiger partial charge in [-0.15, -0.1) is 0 Å². The van der Waals surface area contributed by atoms with Gasteiger partial charge in [0, 0.05) is 18.5 Å². The molecule has 0 unspecified atom stereocenters. The van der Waals surface area contributed by atoms with Crippen LogP contribution in [0.1, 0.15) is 69.2 Å². The molecule has 162 valence electrons. The molecule has 1 amide bonds. The van der Waals surface area contributed by atoms with Gasteiger partial charge in [-0.2, -0.15) is 0 Å². The molecule has 0 rings (SSSR count). The summed E-state index contributed by atoms with van der Waals surface area (Å²) in [4.78, 5) is 25.8. The van der Waals surface area contributed by atoms with Crippen LogP contribution in [0.4, 0.5) is 0 Å². The molecule has 0 radical (unpaired) electrons. The minimum absolute atomic E-state index is 0.0475. The Morgan fingerprint density at radius 2 is 1.34 bits per heavy atom. The van der Waals surface area contributed by atoms with Crippen LogP contribution in [0.2, 0.25) is 0 Å². The molecule has 0 aromatic heterocycles. The number of carbonyl (C=O) groups is 2. The lowest BCUT2D eigenvalue weighted by molar-refractivity contribution is -0.133. The first-order valence-electron chi connectivity index (χ1n) is 10.2. The van der Waals surface area contributed by atoms with Gasteiger partial charge in [-0.1, -0.05) is 83.1 Å². The summed E-state index contributed by atoms with van der Waals surface area (Å²) in [5.74, 6) is -0.116. The van der Waals surface area contributed by atoms with Crippen LogP contribution >= 0.6 is 0 Å². The summed E-state index contributed by atoms with van der Waals surface area (Å²) in [7, 11) is 1.66. The second-order valence-corrected chi connectivity index (χ2v) is 10.0. The SMILES string of the molecule is CC(C)=C(/C=C/C(C)=C\C=C\C(C)=C\C(=O)N(C)CC(=O)C(C)(C)C)C(C)(C)C. The lowest BCUT2D eigenvalue weighted by atomic mass is 9.83. The highest BCUT2D eigenvalue weighted by Crippen LogP contribution is 2.29. The minimum atomic E-state index is -0.443. The Labute approximate surface area is 178 Å². The lowest BCUT2D eigenvalue weighted by Crippen LogP contribution is -2.36. The second-order valence-electron chi connectivity index (χ2n) is 10.0. The van der Waals surface area contributed by atoms with Crippen LogP contribution in [-0.2, 0) is 9.59 Å². The standard InChI is InChI=1S/C26H41NO2/c1-19(2)22(25(5,6)7)16-15-20(3)13-12-14-21(4)17-24(29)27(11)18-23(28)26(8,9)10/h12-17H,18H2,1-11H3/b14-12+,16-15+,20-13-,21-17+. The second kappa shape index (κ2) is 11.1. The number of allylic oxidation sites excluding steroid dienone is 9. The number of hydrogen-bond acceptors (Lipinski definition) is 2. The van der Waals surface area contributed by atoms with E-state index in [0.29, 0.717) is 0 Å². The predicted octanol–water partition coefficient (Wildman–Crippen LogP) is 6.45. The van der Waals surface area contributed by atoms with Gasteiger partial charge in [0.05, 0.1) is 6.54 Å². The van der Waals surface area contributed by atoms with Gasteiger partial charge in [0.2, 0.25) is 5.91 Å². The van der Waals surface area contributed by atoms with E-state index in [0.717, 1.165) is 11.1 Å². The van der Waals surface area contributed by atoms with Crippen molar-refractivity contribution in [2.24, 2.45) is 10.8 Å². The molecule has 0 fully saturated rings. The predicted molar refractivity (Wildman–Crippen MR) is 126 cm³/mol. The number of Topliss-reactive ketones (excluding diaryl/α,β-unsaturated/α-hetero) is 1. The maximum Gasteiger partial charge on any atom is 0.246 e. The third-order valence-corrected chi connectivity index (χ3v) is 4.52. The number of hydrogen-bond donors (Lipinski definition) is 0. The fourth-order valence-corrected chi connectivity index (χ4v) is 2.67. The highest BCUT2D eigenvalue weighted by molar-refractivity contribution is 5.93. The summed E-state index contributed by atoms with van der Waals surface area (Å²) < 4.78 is 0. The van der Waals surface area contributed by atoms with Crippen LogP contribution in [-0.4, -0.2) is 30.2 Å². The molecule has 0 aliphatic heterocycles. The van der Waals surface area contributed by atoms with E-state index in [1.807, 2.05) is 45.9 Å². The maximum atomic E-state index is 12.3. The molecule has 0 N–H and O–H groups in total. The molecular weight excluding hydrogens is 358 g/mol. The van der Waals surface area contributed by atoms with Gasteiger partial charge < -0.3 is 4.90 Å². The van der Waals surface area contributed by atoms with Gasteiger partial charge >= 0.3 is 0 Å². The molecule has 0 saturated carbocycles. The van der Waals surface area contributed by atoms with Gasteiger partial charge in [0.25, 0.3) is 0 Å². The van der Waals surface area contributed by atoms with Crippen molar-refractivity contribution in [3.63, 3.8) is 0 Å². The Morgan fingerprint density at radius 3 is 1.79 bits per heavy atom. The summed E-state index contributed by atoms with van der Waals surface area (Å²) in [6.45, 7) is 20.6. The van der Waals surface area contributed by atoms with Gasteiger partial charge in [-0.25, -0.2) is 0 Å². The summed E-state index contributed by atoms with van der Waals surface area (Å²) in [6.07, 6.45) is 11.7. The number of likely N-dealkylation sites (N-methyl/N-ethyl adjacent to an activating group) is 1. The van der Waals surface area contributed by atoms with E-state index < -0.39 is 5.41 Å². The third-order valence-electron chi connectivity index (χ3n) is 4.52. The van der Waals surface area contributed by atoms with Crippen LogP contribution in [0, 0.1) is 10.8 Å². The highest BCUT2D eigenvalue weighted by Gasteiger charge is 2.23. The van der Waals surface area contributed by atoms with Gasteiger partial charge in [0.1, 0.15) is 0 Å². The Balaban J connectivity index is 5.06. The highest BCUT2D eigenvalue weighted by atomic mass is 16.2. The summed E-state index contributed by atoms with van der Waals surface area (Å²) >= 11 is 0. The average molecular weight is 400 g/mol. The molecule has 0 atom stereocenters. The molecule has 0 aliphatic carbocycles. The van der Waals surface area contributed by atoms with E-state index in [9.17, 15) is 9.59 Å². The van der Waals surface area contributed by atoms with Crippen molar-refractivity contribution >= 4 is 11.7 Å². The zero-order valence-corrected chi connectivity index (χ0v) is 20.4. The minimum Gasteiger partial charge on any atom is -0.335 e. The number of amides is 1. The van der Waals surface area contributed by atoms with E-state index in [2.05, 4.69) is 53.7 Å². The molecule has 3 heteroatoms. The van der Waals surface area contributed by atoms with Crippen molar-refractivity contribution in [2.45, 2.75) is 69.2 Å². The van der Waals surface area contributed by atoms with E-state index in [1.54, 1.807) is 13.1 Å². The molecule has 0 aromatic carbocycles. The Hall–Kier alpha value is -2.16. The molecule has 0 aliphatic rings. The van der Waals surface area contributed by atoms with E-state index in [1.165, 1.54) is 16.0 Å². The van der Waals surface area contributed by atoms with Crippen molar-refractivity contribution in [3.8, 4) is 0 Å². The molecule has 3 nitrogen and oxygen atoms in total. The van der Waals surface area contributed by atoms with Gasteiger partial charge in [-0.05, 0) is 44.3 Å². The zero-order chi connectivity index (χ0) is 23.0. The molecule has 0 heterocycles. The van der Waals surface area contributed by atoms with Crippen molar-refractivity contribution in [2.75, 3.05) is 13.6 Å². The normalized spacial score (nSPS) is 13.9. The molecule has 0 aromatic rings. The zero-order valence-electron chi connectivity index (χ0n) is 20.4. The first kappa shape index (κ1) is 26.8. The lowest BCUT2D eigenvalue weighted by Gasteiger charge is -2.22. The monoisotopic (exact) mass is 399 g/mol. The van der Waals surface area contributed by atoms with Crippen LogP contribution < -0.4 is 0 Å². The Morgan fingerprint density at radius 1 is 0.793 bits per heavy atom. The number of rotatable bonds is 7. The summed E-state index contributed by atoms with van der Waals surface area (Å²) in [5.41, 5.74) is 4.31. The Kier molecular flexibility index (Phi) is 10.3. The quantitative estimate of drug-likeness (QED) is 0.364. The summed E-state index contributed by atoms with van der Waals surface area (Å²) in [6, 6.07) is 0. The van der Waals surface area contributed by atoms with Crippen LogP contribution in [0.3, 0.4) is 0 Å². The van der Waals surface area contributed by atoms with Crippen molar-refractivity contribution in [3.05, 3.63) is 58.7 Å². The van der Waals surface area contributed by atoms with Crippen molar-refractivity contribution in [1.29, 1.82) is 0 Å². The van der Waals surface area contributed by atoms with Gasteiger partial charge in [-0.3, -0.25) is 9.59 Å².